The van der Waals surface area contributed by atoms with Crippen LogP contribution in [-0.4, -0.2) is 15.0 Å². The summed E-state index contributed by atoms with van der Waals surface area (Å²) in [6.07, 6.45) is 0. The minimum atomic E-state index is 0.682. The normalized spacial score (nSPS) is 11.4. The minimum absolute atomic E-state index is 0.682. The molecule has 0 aliphatic rings. The van der Waals surface area contributed by atoms with Gasteiger partial charge in [0.2, 0.25) is 0 Å². The molecule has 4 heteroatoms. The molecule has 0 N–H and O–H groups in total. The molecule has 0 bridgehead atoms. The van der Waals surface area contributed by atoms with E-state index < -0.39 is 0 Å². The van der Waals surface area contributed by atoms with Crippen LogP contribution in [0.3, 0.4) is 0 Å². The molecule has 0 atom stereocenters. The topological polar surface area (TPSA) is 51.8 Å². The third-order valence-electron chi connectivity index (χ3n) is 9.92. The molecule has 10 rings (SSSR count). The lowest BCUT2D eigenvalue weighted by Crippen LogP contribution is -1.96. The van der Waals surface area contributed by atoms with E-state index in [9.17, 15) is 0 Å². The largest absolute Gasteiger partial charge is 0.455 e. The van der Waals surface area contributed by atoms with Crippen molar-refractivity contribution >= 4 is 32.8 Å². The summed E-state index contributed by atoms with van der Waals surface area (Å²) < 4.78 is 6.60. The van der Waals surface area contributed by atoms with E-state index in [4.69, 9.17) is 19.4 Å². The van der Waals surface area contributed by atoms with Gasteiger partial charge in [-0.2, -0.15) is 0 Å². The van der Waals surface area contributed by atoms with Crippen LogP contribution in [0.1, 0.15) is 0 Å². The van der Waals surface area contributed by atoms with Crippen molar-refractivity contribution in [2.24, 2.45) is 0 Å². The SMILES string of the molecule is c1ccc(-c2ccc(-c3nc(-c4ccccc4)cc(-c4ccc(-c5nc6c(-c7ccccc7)cccc6c6oc7ccccc7c56)cc4)n3)cc2)cc1. The molecule has 0 spiro atoms. The summed E-state index contributed by atoms with van der Waals surface area (Å²) in [5.74, 6) is 0.682. The van der Waals surface area contributed by atoms with Gasteiger partial charge in [0.05, 0.1) is 28.0 Å². The summed E-state index contributed by atoms with van der Waals surface area (Å²) in [6.45, 7) is 0. The fraction of sp³-hybridized carbons (Fsp3) is 0. The standard InChI is InChI=1S/C49H31N3O/c1-4-13-32(14-5-1)33-23-29-38(30-24-33)49-50-42(35-17-8-3-9-18-35)31-43(51-49)36-25-27-37(28-26-36)46-45-40-19-10-11-22-44(40)53-48(45)41-21-12-20-39(47(41)52-46)34-15-6-2-7-16-34/h1-31H. The number of fused-ring (bicyclic) bond motifs is 5. The van der Waals surface area contributed by atoms with Crippen molar-refractivity contribution in [3.63, 3.8) is 0 Å². The fourth-order valence-electron chi connectivity index (χ4n) is 7.27. The predicted molar refractivity (Wildman–Crippen MR) is 217 cm³/mol. The molecular formula is C49H31N3O. The molecule has 10 aromatic rings. The summed E-state index contributed by atoms with van der Waals surface area (Å²) in [7, 11) is 0. The second kappa shape index (κ2) is 12.9. The van der Waals surface area contributed by atoms with Crippen molar-refractivity contribution in [3.8, 4) is 67.4 Å². The van der Waals surface area contributed by atoms with Gasteiger partial charge in [0, 0.05) is 38.6 Å². The molecular weight excluding hydrogens is 647 g/mol. The van der Waals surface area contributed by atoms with E-state index >= 15 is 0 Å². The van der Waals surface area contributed by atoms with E-state index in [1.54, 1.807) is 0 Å². The highest BCUT2D eigenvalue weighted by Crippen LogP contribution is 2.42. The summed E-state index contributed by atoms with van der Waals surface area (Å²) in [6, 6.07) is 64.8. The van der Waals surface area contributed by atoms with Gasteiger partial charge >= 0.3 is 0 Å². The van der Waals surface area contributed by atoms with Crippen molar-refractivity contribution in [2.75, 3.05) is 0 Å². The first kappa shape index (κ1) is 30.6. The van der Waals surface area contributed by atoms with Crippen LogP contribution in [0.5, 0.6) is 0 Å². The number of hydrogen-bond donors (Lipinski definition) is 0. The predicted octanol–water partition coefficient (Wildman–Crippen LogP) is 12.9. The molecule has 0 aliphatic heterocycles. The molecule has 3 aromatic heterocycles. The Kier molecular flexibility index (Phi) is 7.43. The van der Waals surface area contributed by atoms with E-state index in [0.29, 0.717) is 5.82 Å². The van der Waals surface area contributed by atoms with Crippen LogP contribution in [0.25, 0.3) is 100 Å². The number of benzene rings is 7. The average molecular weight is 678 g/mol. The summed E-state index contributed by atoms with van der Waals surface area (Å²) in [4.78, 5) is 15.6. The summed E-state index contributed by atoms with van der Waals surface area (Å²) in [5, 5.41) is 3.06. The molecule has 0 unspecified atom stereocenters. The number of rotatable bonds is 6. The van der Waals surface area contributed by atoms with Gasteiger partial charge in [-0.3, -0.25) is 0 Å². The van der Waals surface area contributed by atoms with Crippen LogP contribution >= 0.6 is 0 Å². The Hall–Kier alpha value is -7.17. The molecule has 0 saturated heterocycles. The highest BCUT2D eigenvalue weighted by atomic mass is 16.3. The Morgan fingerprint density at radius 3 is 1.57 bits per heavy atom. The molecule has 0 saturated carbocycles. The maximum absolute atomic E-state index is 6.60. The molecule has 0 radical (unpaired) electrons. The summed E-state index contributed by atoms with van der Waals surface area (Å²) in [5.41, 5.74) is 13.7. The zero-order valence-electron chi connectivity index (χ0n) is 28.6. The maximum atomic E-state index is 6.60. The number of hydrogen-bond acceptors (Lipinski definition) is 4. The van der Waals surface area contributed by atoms with Crippen molar-refractivity contribution in [1.29, 1.82) is 0 Å². The van der Waals surface area contributed by atoms with Crippen LogP contribution in [0.2, 0.25) is 0 Å². The zero-order valence-corrected chi connectivity index (χ0v) is 28.6. The van der Waals surface area contributed by atoms with Gasteiger partial charge in [0.25, 0.3) is 0 Å². The van der Waals surface area contributed by atoms with Crippen molar-refractivity contribution < 1.29 is 4.42 Å². The molecule has 53 heavy (non-hydrogen) atoms. The van der Waals surface area contributed by atoms with E-state index in [1.165, 1.54) is 5.56 Å². The number of nitrogens with zero attached hydrogens (tertiary/aromatic N) is 3. The third kappa shape index (κ3) is 5.54. The number of pyridine rings is 1. The highest BCUT2D eigenvalue weighted by molar-refractivity contribution is 6.20. The fourth-order valence-corrected chi connectivity index (χ4v) is 7.27. The molecule has 0 fully saturated rings. The molecule has 0 amide bonds. The lowest BCUT2D eigenvalue weighted by molar-refractivity contribution is 0.672. The average Bonchev–Trinajstić information content (AvgIpc) is 3.64. The Labute approximate surface area is 306 Å². The Bertz CT molecular complexity index is 2900. The van der Waals surface area contributed by atoms with Gasteiger partial charge in [-0.1, -0.05) is 170 Å². The van der Waals surface area contributed by atoms with Gasteiger partial charge in [0.1, 0.15) is 11.2 Å². The van der Waals surface area contributed by atoms with Crippen LogP contribution in [0.15, 0.2) is 192 Å². The van der Waals surface area contributed by atoms with E-state index in [2.05, 4.69) is 146 Å². The highest BCUT2D eigenvalue weighted by Gasteiger charge is 2.20. The third-order valence-corrected chi connectivity index (χ3v) is 9.92. The Morgan fingerprint density at radius 2 is 0.868 bits per heavy atom. The van der Waals surface area contributed by atoms with Crippen molar-refractivity contribution in [2.45, 2.75) is 0 Å². The van der Waals surface area contributed by atoms with Crippen LogP contribution in [-0.2, 0) is 0 Å². The van der Waals surface area contributed by atoms with Gasteiger partial charge in [-0.05, 0) is 34.9 Å². The molecule has 248 valence electrons. The summed E-state index contributed by atoms with van der Waals surface area (Å²) >= 11 is 0. The maximum Gasteiger partial charge on any atom is 0.160 e. The van der Waals surface area contributed by atoms with Crippen LogP contribution < -0.4 is 0 Å². The van der Waals surface area contributed by atoms with Crippen LogP contribution in [0.4, 0.5) is 0 Å². The number of para-hydroxylation sites is 2. The minimum Gasteiger partial charge on any atom is -0.455 e. The Morgan fingerprint density at radius 1 is 0.358 bits per heavy atom. The van der Waals surface area contributed by atoms with Gasteiger partial charge in [-0.25, -0.2) is 15.0 Å². The number of furan rings is 1. The second-order valence-electron chi connectivity index (χ2n) is 13.2. The molecule has 3 heterocycles. The van der Waals surface area contributed by atoms with Gasteiger partial charge in [0.15, 0.2) is 5.82 Å². The first-order chi connectivity index (χ1) is 26.3. The van der Waals surface area contributed by atoms with Crippen molar-refractivity contribution in [1.82, 2.24) is 15.0 Å². The number of aromatic nitrogens is 3. The lowest BCUT2D eigenvalue weighted by Gasteiger charge is -2.12. The molecule has 0 aliphatic carbocycles. The van der Waals surface area contributed by atoms with E-state index in [1.807, 2.05) is 42.5 Å². The van der Waals surface area contributed by atoms with Gasteiger partial charge in [-0.15, -0.1) is 0 Å². The first-order valence-corrected chi connectivity index (χ1v) is 17.8. The van der Waals surface area contributed by atoms with E-state index in [0.717, 1.165) is 88.9 Å². The first-order valence-electron chi connectivity index (χ1n) is 17.8. The van der Waals surface area contributed by atoms with Crippen LogP contribution in [0, 0.1) is 0 Å². The van der Waals surface area contributed by atoms with Crippen molar-refractivity contribution in [3.05, 3.63) is 188 Å². The smallest absolute Gasteiger partial charge is 0.160 e. The molecule has 7 aromatic carbocycles. The quantitative estimate of drug-likeness (QED) is 0.176. The van der Waals surface area contributed by atoms with E-state index in [-0.39, 0.29) is 0 Å². The second-order valence-corrected chi connectivity index (χ2v) is 13.2. The Balaban J connectivity index is 1.11. The molecule has 4 nitrogen and oxygen atoms in total. The zero-order chi connectivity index (χ0) is 35.1. The lowest BCUT2D eigenvalue weighted by atomic mass is 9.97. The monoisotopic (exact) mass is 677 g/mol. The van der Waals surface area contributed by atoms with Gasteiger partial charge < -0.3 is 4.42 Å².